The average Bonchev–Trinajstić information content (AvgIpc) is 2.84. The Kier molecular flexibility index (Phi) is 7.90. The standard InChI is InChI=1S/C23H18F7N5O/c24-16-4-7-18(20(25)9-16)19(11-35(13-31)34-32)23(29,30)21-8-3-15(10-33-21)14-1-5-17(6-2-14)36-12-22(26,27)28/h1-10,13,19,31-32H,11-12H2. The summed E-state index contributed by atoms with van der Waals surface area (Å²) in [5, 5.41) is 10.7. The van der Waals surface area contributed by atoms with Gasteiger partial charge >= 0.3 is 6.18 Å². The van der Waals surface area contributed by atoms with Gasteiger partial charge in [-0.25, -0.2) is 13.8 Å². The predicted octanol–water partition coefficient (Wildman–Crippen LogP) is 6.70. The Labute approximate surface area is 200 Å². The molecule has 0 radical (unpaired) electrons. The van der Waals surface area contributed by atoms with Crippen LogP contribution < -0.4 is 4.74 Å². The molecule has 1 atom stereocenters. The first kappa shape index (κ1) is 26.6. The first-order valence-electron chi connectivity index (χ1n) is 10.2. The van der Waals surface area contributed by atoms with Crippen molar-refractivity contribution in [1.82, 2.24) is 9.99 Å². The number of benzene rings is 2. The Morgan fingerprint density at radius 1 is 0.972 bits per heavy atom. The minimum atomic E-state index is -4.50. The SMILES string of the molecule is N=CN(CC(c1ccc(F)cc1F)C(F)(F)c1ccc(-c2ccc(OCC(F)(F)F)cc2)cn1)N=N. The summed E-state index contributed by atoms with van der Waals surface area (Å²) in [5.41, 5.74) is 6.53. The van der Waals surface area contributed by atoms with E-state index in [1.807, 2.05) is 0 Å². The van der Waals surface area contributed by atoms with Crippen LogP contribution in [0.2, 0.25) is 0 Å². The van der Waals surface area contributed by atoms with Gasteiger partial charge in [0.15, 0.2) is 6.61 Å². The van der Waals surface area contributed by atoms with Gasteiger partial charge in [-0.1, -0.05) is 29.5 Å². The highest BCUT2D eigenvalue weighted by atomic mass is 19.4. The van der Waals surface area contributed by atoms with Crippen LogP contribution in [0, 0.1) is 22.6 Å². The molecular weight excluding hydrogens is 495 g/mol. The molecule has 1 heterocycles. The van der Waals surface area contributed by atoms with Crippen LogP contribution in [0.5, 0.6) is 5.75 Å². The Balaban J connectivity index is 1.89. The lowest BCUT2D eigenvalue weighted by atomic mass is 9.89. The number of ether oxygens (including phenoxy) is 1. The zero-order valence-electron chi connectivity index (χ0n) is 18.2. The van der Waals surface area contributed by atoms with Gasteiger partial charge in [0.2, 0.25) is 0 Å². The zero-order valence-corrected chi connectivity index (χ0v) is 18.2. The molecule has 1 aromatic heterocycles. The van der Waals surface area contributed by atoms with E-state index in [0.29, 0.717) is 28.5 Å². The molecule has 0 aliphatic carbocycles. The van der Waals surface area contributed by atoms with Crippen molar-refractivity contribution < 1.29 is 35.5 Å². The van der Waals surface area contributed by atoms with E-state index in [4.69, 9.17) is 10.9 Å². The molecular formula is C23H18F7N5O. The molecule has 1 unspecified atom stereocenters. The summed E-state index contributed by atoms with van der Waals surface area (Å²) < 4.78 is 100. The maximum Gasteiger partial charge on any atom is 0.422 e. The van der Waals surface area contributed by atoms with Crippen molar-refractivity contribution in [2.75, 3.05) is 13.2 Å². The Hall–Kier alpha value is -4.03. The van der Waals surface area contributed by atoms with Gasteiger partial charge in [-0.2, -0.15) is 27.5 Å². The van der Waals surface area contributed by atoms with Gasteiger partial charge in [-0.15, -0.1) is 0 Å². The van der Waals surface area contributed by atoms with Crippen LogP contribution in [-0.4, -0.2) is 35.7 Å². The number of hydrogen-bond donors (Lipinski definition) is 2. The van der Waals surface area contributed by atoms with Gasteiger partial charge in [-0.3, -0.25) is 10.4 Å². The number of pyridine rings is 1. The number of alkyl halides is 5. The van der Waals surface area contributed by atoms with E-state index in [2.05, 4.69) is 14.9 Å². The second-order valence-electron chi connectivity index (χ2n) is 7.55. The second-order valence-corrected chi connectivity index (χ2v) is 7.55. The smallest absolute Gasteiger partial charge is 0.422 e. The van der Waals surface area contributed by atoms with E-state index in [1.54, 1.807) is 0 Å². The molecule has 3 aromatic rings. The van der Waals surface area contributed by atoms with Crippen LogP contribution >= 0.6 is 0 Å². The van der Waals surface area contributed by atoms with Gasteiger partial charge in [0.05, 0.1) is 12.5 Å². The van der Waals surface area contributed by atoms with Gasteiger partial charge in [0.1, 0.15) is 29.4 Å². The van der Waals surface area contributed by atoms with E-state index < -0.39 is 54.1 Å². The lowest BCUT2D eigenvalue weighted by Gasteiger charge is -2.29. The summed E-state index contributed by atoms with van der Waals surface area (Å²) in [6.07, 6.45) is -2.88. The molecule has 0 aliphatic heterocycles. The molecule has 0 saturated carbocycles. The number of nitrogens with zero attached hydrogens (tertiary/aromatic N) is 3. The molecule has 3 rings (SSSR count). The molecule has 13 heteroatoms. The van der Waals surface area contributed by atoms with Crippen LogP contribution in [0.1, 0.15) is 17.2 Å². The molecule has 0 spiro atoms. The van der Waals surface area contributed by atoms with Crippen molar-refractivity contribution >= 4 is 6.34 Å². The van der Waals surface area contributed by atoms with E-state index >= 15 is 8.78 Å². The average molecular weight is 513 g/mol. The van der Waals surface area contributed by atoms with Gasteiger partial charge < -0.3 is 4.74 Å². The quantitative estimate of drug-likeness (QED) is 0.104. The largest absolute Gasteiger partial charge is 0.484 e. The van der Waals surface area contributed by atoms with Crippen LogP contribution in [0.4, 0.5) is 30.7 Å². The maximum absolute atomic E-state index is 15.6. The highest BCUT2D eigenvalue weighted by molar-refractivity contribution is 5.63. The first-order chi connectivity index (χ1) is 16.9. The van der Waals surface area contributed by atoms with E-state index in [0.717, 1.165) is 24.4 Å². The van der Waals surface area contributed by atoms with Crippen molar-refractivity contribution in [3.63, 3.8) is 0 Å². The van der Waals surface area contributed by atoms with E-state index in [9.17, 15) is 22.0 Å². The third-order valence-corrected chi connectivity index (χ3v) is 5.12. The number of halogens is 7. The van der Waals surface area contributed by atoms with Crippen molar-refractivity contribution in [1.29, 1.82) is 10.9 Å². The van der Waals surface area contributed by atoms with Crippen LogP contribution in [0.25, 0.3) is 11.1 Å². The minimum absolute atomic E-state index is 0.0353. The number of rotatable bonds is 10. The summed E-state index contributed by atoms with van der Waals surface area (Å²) >= 11 is 0. The fraction of sp³-hybridized carbons (Fsp3) is 0.217. The van der Waals surface area contributed by atoms with Crippen molar-refractivity contribution in [3.8, 4) is 16.9 Å². The summed E-state index contributed by atoms with van der Waals surface area (Å²) in [4.78, 5) is 3.79. The summed E-state index contributed by atoms with van der Waals surface area (Å²) in [5.74, 6) is -8.06. The Morgan fingerprint density at radius 2 is 1.64 bits per heavy atom. The Morgan fingerprint density at radius 3 is 2.17 bits per heavy atom. The third kappa shape index (κ3) is 6.34. The van der Waals surface area contributed by atoms with Crippen LogP contribution in [-0.2, 0) is 5.92 Å². The zero-order chi connectivity index (χ0) is 26.5. The van der Waals surface area contributed by atoms with Crippen molar-refractivity contribution in [2.45, 2.75) is 18.0 Å². The lowest BCUT2D eigenvalue weighted by molar-refractivity contribution is -0.153. The number of aromatic nitrogens is 1. The normalized spacial score (nSPS) is 12.6. The Bertz CT molecular complexity index is 1190. The number of hydrogen-bond acceptors (Lipinski definition) is 5. The molecule has 190 valence electrons. The second kappa shape index (κ2) is 10.7. The van der Waals surface area contributed by atoms with E-state index in [1.165, 1.54) is 30.3 Å². The van der Waals surface area contributed by atoms with Gasteiger partial charge in [0, 0.05) is 17.8 Å². The fourth-order valence-electron chi connectivity index (χ4n) is 3.35. The van der Waals surface area contributed by atoms with Crippen molar-refractivity contribution in [3.05, 3.63) is 83.7 Å². The molecule has 0 saturated heterocycles. The van der Waals surface area contributed by atoms with Crippen LogP contribution in [0.15, 0.2) is 66.0 Å². The fourth-order valence-corrected chi connectivity index (χ4v) is 3.35. The highest BCUT2D eigenvalue weighted by Gasteiger charge is 2.45. The molecule has 6 nitrogen and oxygen atoms in total. The first-order valence-corrected chi connectivity index (χ1v) is 10.2. The van der Waals surface area contributed by atoms with Gasteiger partial charge in [-0.05, 0) is 35.4 Å². The summed E-state index contributed by atoms with van der Waals surface area (Å²) in [6, 6.07) is 9.82. The lowest BCUT2D eigenvalue weighted by Crippen LogP contribution is -2.34. The monoisotopic (exact) mass is 513 g/mol. The molecule has 0 amide bonds. The summed E-state index contributed by atoms with van der Waals surface area (Å²) in [6.45, 7) is -2.23. The van der Waals surface area contributed by atoms with E-state index in [-0.39, 0.29) is 5.75 Å². The topological polar surface area (TPSA) is 85.4 Å². The van der Waals surface area contributed by atoms with Crippen molar-refractivity contribution in [2.24, 2.45) is 5.22 Å². The molecule has 0 aliphatic rings. The third-order valence-electron chi connectivity index (χ3n) is 5.12. The number of nitrogens with one attached hydrogen (secondary N) is 2. The minimum Gasteiger partial charge on any atom is -0.484 e. The molecule has 36 heavy (non-hydrogen) atoms. The summed E-state index contributed by atoms with van der Waals surface area (Å²) in [7, 11) is 0. The molecule has 2 aromatic carbocycles. The maximum atomic E-state index is 15.6. The highest BCUT2D eigenvalue weighted by Crippen LogP contribution is 2.43. The van der Waals surface area contributed by atoms with Crippen LogP contribution in [0.3, 0.4) is 0 Å². The van der Waals surface area contributed by atoms with Gasteiger partial charge in [0.25, 0.3) is 5.92 Å². The molecule has 0 fully saturated rings. The molecule has 2 N–H and O–H groups in total. The molecule has 0 bridgehead atoms. The predicted molar refractivity (Wildman–Crippen MR) is 115 cm³/mol.